The van der Waals surface area contributed by atoms with Crippen molar-refractivity contribution < 1.29 is 28.8 Å². The molecule has 0 bridgehead atoms. The zero-order valence-electron chi connectivity index (χ0n) is 33.6. The molecule has 17 heteroatoms. The number of anilines is 4. The molecule has 4 aliphatic heterocycles. The number of benzene rings is 1. The maximum absolute atomic E-state index is 13.7. The van der Waals surface area contributed by atoms with E-state index in [1.807, 2.05) is 17.0 Å². The molecule has 9 rings (SSSR count). The van der Waals surface area contributed by atoms with Crippen molar-refractivity contribution in [3.8, 4) is 0 Å². The van der Waals surface area contributed by atoms with E-state index >= 15 is 0 Å². The van der Waals surface area contributed by atoms with Gasteiger partial charge < -0.3 is 20.0 Å². The van der Waals surface area contributed by atoms with E-state index in [0.717, 1.165) is 42.0 Å². The molecule has 1 saturated carbocycles. The molecule has 1 unspecified atom stereocenters. The number of aryl methyl sites for hydroxylation is 1. The molecule has 5 aliphatic rings. The van der Waals surface area contributed by atoms with Crippen LogP contribution in [0, 0.1) is 12.8 Å². The SMILES string of the molecule is CC(=O)c1c(C)c2cnc(Nc3ccc(N4CCN(C(=O)C5CCN(c6ccc7c(c6)C(=O)N(C6CCC(=O)NC6=O)C7=O)CC5)CC4)cn3)nc2n(C2CCCC2)c1=O. The van der Waals surface area contributed by atoms with Gasteiger partial charge >= 0.3 is 0 Å². The molecule has 7 heterocycles. The fraction of sp³-hybridized carbons (Fsp3) is 0.442. The molecule has 1 aromatic carbocycles. The molecular formula is C43H46N10O7. The van der Waals surface area contributed by atoms with E-state index in [4.69, 9.17) is 4.98 Å². The average molecular weight is 815 g/mol. The summed E-state index contributed by atoms with van der Waals surface area (Å²) in [6.07, 6.45) is 8.68. The fourth-order valence-electron chi connectivity index (χ4n) is 9.55. The van der Waals surface area contributed by atoms with Crippen molar-refractivity contribution in [2.24, 2.45) is 5.92 Å². The van der Waals surface area contributed by atoms with Crippen LogP contribution in [0.2, 0.25) is 0 Å². The normalized spacial score (nSPS) is 20.3. The number of piperidine rings is 2. The summed E-state index contributed by atoms with van der Waals surface area (Å²) >= 11 is 0. The van der Waals surface area contributed by atoms with Gasteiger partial charge in [-0.3, -0.25) is 48.3 Å². The van der Waals surface area contributed by atoms with Crippen molar-refractivity contribution in [3.63, 3.8) is 0 Å². The lowest BCUT2D eigenvalue weighted by Gasteiger charge is -2.39. The van der Waals surface area contributed by atoms with Crippen LogP contribution in [-0.4, -0.2) is 110 Å². The van der Waals surface area contributed by atoms with Gasteiger partial charge in [0.2, 0.25) is 23.7 Å². The number of aromatic nitrogens is 4. The van der Waals surface area contributed by atoms with Crippen LogP contribution in [0.3, 0.4) is 0 Å². The smallest absolute Gasteiger partial charge is 0.263 e. The minimum Gasteiger partial charge on any atom is -0.371 e. The third-order valence-electron chi connectivity index (χ3n) is 12.8. The van der Waals surface area contributed by atoms with E-state index in [2.05, 4.69) is 30.4 Å². The van der Waals surface area contributed by atoms with Gasteiger partial charge in [0, 0.05) is 74.9 Å². The second kappa shape index (κ2) is 15.6. The molecule has 310 valence electrons. The molecule has 5 amide bonds. The number of imide groups is 2. The Morgan fingerprint density at radius 3 is 2.17 bits per heavy atom. The zero-order chi connectivity index (χ0) is 41.8. The molecular weight excluding hydrogens is 769 g/mol. The van der Waals surface area contributed by atoms with Crippen LogP contribution in [-0.2, 0) is 14.4 Å². The van der Waals surface area contributed by atoms with E-state index in [9.17, 15) is 33.6 Å². The predicted octanol–water partition coefficient (Wildman–Crippen LogP) is 3.52. The number of nitrogens with zero attached hydrogens (tertiary/aromatic N) is 8. The van der Waals surface area contributed by atoms with Crippen molar-refractivity contribution in [3.05, 3.63) is 75.3 Å². The molecule has 2 N–H and O–H groups in total. The topological polar surface area (TPSA) is 200 Å². The van der Waals surface area contributed by atoms with Crippen LogP contribution < -0.4 is 26.0 Å². The standard InChI is InChI=1S/C43H46N10O7/c1-24-32-23-45-43(48-37(32)52(27-5-3-4-6-27)42(60)36(24)25(2)54)46-34-11-8-29(22-44-34)50-17-19-51(20-18-50)39(57)26-13-15-49(16-14-26)28-7-9-30-31(21-28)41(59)53(40(30)58)33-10-12-35(55)47-38(33)56/h7-9,11,21-23,26-27,33H,3-6,10,12-20H2,1-2H3,(H,47,55,56)(H,44,45,46,48). The number of ketones is 1. The van der Waals surface area contributed by atoms with Gasteiger partial charge in [-0.25, -0.2) is 9.97 Å². The first kappa shape index (κ1) is 39.0. The minimum atomic E-state index is -1.01. The summed E-state index contributed by atoms with van der Waals surface area (Å²) in [5, 5.41) is 6.08. The number of carbonyl (C=O) groups excluding carboxylic acids is 6. The summed E-state index contributed by atoms with van der Waals surface area (Å²) in [5.41, 5.74) is 3.19. The van der Waals surface area contributed by atoms with Crippen LogP contribution in [0.15, 0.2) is 47.5 Å². The molecule has 60 heavy (non-hydrogen) atoms. The number of carbonyl (C=O) groups is 6. The van der Waals surface area contributed by atoms with Gasteiger partial charge in [-0.1, -0.05) is 12.8 Å². The summed E-state index contributed by atoms with van der Waals surface area (Å²) in [6, 6.07) is 7.91. The number of hydrogen-bond acceptors (Lipinski definition) is 13. The van der Waals surface area contributed by atoms with E-state index < -0.39 is 29.7 Å². The number of piperazine rings is 1. The number of fused-ring (bicyclic) bond motifs is 2. The molecule has 1 aliphatic carbocycles. The summed E-state index contributed by atoms with van der Waals surface area (Å²) in [6.45, 7) is 6.91. The highest BCUT2D eigenvalue weighted by molar-refractivity contribution is 6.23. The largest absolute Gasteiger partial charge is 0.371 e. The van der Waals surface area contributed by atoms with Gasteiger partial charge in [0.05, 0.1) is 28.6 Å². The third kappa shape index (κ3) is 6.94. The summed E-state index contributed by atoms with van der Waals surface area (Å²) in [4.78, 5) is 111. The Balaban J connectivity index is 0.789. The van der Waals surface area contributed by atoms with Crippen LogP contribution in [0.4, 0.5) is 23.1 Å². The molecule has 17 nitrogen and oxygen atoms in total. The lowest BCUT2D eigenvalue weighted by Crippen LogP contribution is -2.54. The fourth-order valence-corrected chi connectivity index (χ4v) is 9.55. The summed E-state index contributed by atoms with van der Waals surface area (Å²) in [7, 11) is 0. The highest BCUT2D eigenvalue weighted by atomic mass is 16.2. The number of rotatable bonds is 8. The number of hydrogen-bond donors (Lipinski definition) is 2. The molecule has 1 atom stereocenters. The van der Waals surface area contributed by atoms with E-state index in [0.29, 0.717) is 80.5 Å². The van der Waals surface area contributed by atoms with Crippen molar-refractivity contribution in [2.45, 2.75) is 77.3 Å². The second-order valence-electron chi connectivity index (χ2n) is 16.4. The monoisotopic (exact) mass is 814 g/mol. The van der Waals surface area contributed by atoms with Crippen LogP contribution in [0.25, 0.3) is 11.0 Å². The second-order valence-corrected chi connectivity index (χ2v) is 16.4. The lowest BCUT2D eigenvalue weighted by atomic mass is 9.94. The minimum absolute atomic E-state index is 0.0168. The molecule has 4 fully saturated rings. The summed E-state index contributed by atoms with van der Waals surface area (Å²) < 4.78 is 1.69. The molecule has 4 aromatic rings. The average Bonchev–Trinajstić information content (AvgIpc) is 3.87. The number of pyridine rings is 2. The Kier molecular flexibility index (Phi) is 10.1. The van der Waals surface area contributed by atoms with Crippen LogP contribution in [0.5, 0.6) is 0 Å². The van der Waals surface area contributed by atoms with Gasteiger partial charge in [0.25, 0.3) is 17.4 Å². The van der Waals surface area contributed by atoms with E-state index in [-0.39, 0.29) is 58.7 Å². The van der Waals surface area contributed by atoms with Crippen molar-refractivity contribution in [2.75, 3.05) is 54.4 Å². The highest BCUT2D eigenvalue weighted by Gasteiger charge is 2.45. The molecule has 0 spiro atoms. The number of Topliss-reactive ketones (excluding diaryl/α,β-unsaturated/α-hetero) is 1. The Morgan fingerprint density at radius 1 is 0.783 bits per heavy atom. The van der Waals surface area contributed by atoms with Gasteiger partial charge in [-0.15, -0.1) is 0 Å². The van der Waals surface area contributed by atoms with Crippen molar-refractivity contribution >= 4 is 69.5 Å². The zero-order valence-corrected chi connectivity index (χ0v) is 33.6. The first-order valence-electron chi connectivity index (χ1n) is 20.8. The first-order valence-corrected chi connectivity index (χ1v) is 20.8. The Hall–Kier alpha value is -6.52. The molecule has 3 saturated heterocycles. The van der Waals surface area contributed by atoms with Crippen LogP contribution in [0.1, 0.15) is 101 Å². The first-order chi connectivity index (χ1) is 29.0. The highest BCUT2D eigenvalue weighted by Crippen LogP contribution is 2.34. The maximum atomic E-state index is 13.7. The third-order valence-corrected chi connectivity index (χ3v) is 12.8. The molecule has 0 radical (unpaired) electrons. The van der Waals surface area contributed by atoms with Gasteiger partial charge in [-0.2, -0.15) is 4.98 Å². The van der Waals surface area contributed by atoms with Crippen molar-refractivity contribution in [1.29, 1.82) is 0 Å². The molecule has 3 aromatic heterocycles. The Morgan fingerprint density at radius 2 is 1.48 bits per heavy atom. The van der Waals surface area contributed by atoms with Crippen LogP contribution >= 0.6 is 0 Å². The Labute approximate surface area is 345 Å². The van der Waals surface area contributed by atoms with E-state index in [1.165, 1.54) is 6.92 Å². The lowest BCUT2D eigenvalue weighted by molar-refractivity contribution is -0.137. The Bertz CT molecular complexity index is 2520. The summed E-state index contributed by atoms with van der Waals surface area (Å²) in [5.74, 6) is -1.52. The number of nitrogens with one attached hydrogen (secondary N) is 2. The van der Waals surface area contributed by atoms with Crippen molar-refractivity contribution in [1.82, 2.24) is 34.6 Å². The van der Waals surface area contributed by atoms with E-state index in [1.54, 1.807) is 42.1 Å². The predicted molar refractivity (Wildman–Crippen MR) is 220 cm³/mol. The van der Waals surface area contributed by atoms with Gasteiger partial charge in [-0.05, 0) is 81.8 Å². The number of amides is 5. The van der Waals surface area contributed by atoms with Gasteiger partial charge in [0.1, 0.15) is 17.5 Å². The quantitative estimate of drug-likeness (QED) is 0.194. The van der Waals surface area contributed by atoms with Gasteiger partial charge in [0.15, 0.2) is 5.78 Å². The maximum Gasteiger partial charge on any atom is 0.263 e.